The minimum atomic E-state index is -0.567. The Bertz CT molecular complexity index is 385. The number of esters is 1. The van der Waals surface area contributed by atoms with Crippen molar-refractivity contribution in [1.82, 2.24) is 15.0 Å². The van der Waals surface area contributed by atoms with E-state index in [-0.39, 0.29) is 12.2 Å². The van der Waals surface area contributed by atoms with E-state index >= 15 is 0 Å². The fourth-order valence-electron chi connectivity index (χ4n) is 1.21. The highest BCUT2D eigenvalue weighted by molar-refractivity contribution is 5.88. The highest BCUT2D eigenvalue weighted by atomic mass is 16.5. The molecule has 0 aromatic carbocycles. The van der Waals surface area contributed by atoms with Crippen LogP contribution in [0, 0.1) is 0 Å². The molecule has 0 fully saturated rings. The highest BCUT2D eigenvalue weighted by Crippen LogP contribution is 2.07. The van der Waals surface area contributed by atoms with Crippen molar-refractivity contribution in [3.63, 3.8) is 0 Å². The SMILES string of the molecule is CCc1c(C(=O)OC)nnn1CC(N)=O. The number of nitrogens with two attached hydrogens (primary N) is 1. The summed E-state index contributed by atoms with van der Waals surface area (Å²) in [6.45, 7) is 1.73. The number of hydrogen-bond acceptors (Lipinski definition) is 5. The summed E-state index contributed by atoms with van der Waals surface area (Å²) in [7, 11) is 1.26. The molecule has 1 rings (SSSR count). The number of ether oxygens (including phenoxy) is 1. The van der Waals surface area contributed by atoms with E-state index in [0.717, 1.165) is 0 Å². The molecule has 1 heterocycles. The van der Waals surface area contributed by atoms with Gasteiger partial charge in [-0.05, 0) is 6.42 Å². The molecule has 15 heavy (non-hydrogen) atoms. The molecule has 0 radical (unpaired) electrons. The van der Waals surface area contributed by atoms with Crippen LogP contribution in [0.4, 0.5) is 0 Å². The molecule has 0 aliphatic rings. The summed E-state index contributed by atoms with van der Waals surface area (Å²) in [6, 6.07) is 0. The number of carbonyl (C=O) groups excluding carboxylic acids is 2. The van der Waals surface area contributed by atoms with E-state index in [4.69, 9.17) is 5.73 Å². The molecule has 0 atom stereocenters. The second-order valence-corrected chi connectivity index (χ2v) is 2.85. The normalized spacial score (nSPS) is 10.0. The average Bonchev–Trinajstić information content (AvgIpc) is 2.58. The van der Waals surface area contributed by atoms with Crippen LogP contribution in [0.5, 0.6) is 0 Å². The highest BCUT2D eigenvalue weighted by Gasteiger charge is 2.19. The Morgan fingerprint density at radius 1 is 1.53 bits per heavy atom. The number of nitrogens with zero attached hydrogens (tertiary/aromatic N) is 3. The summed E-state index contributed by atoms with van der Waals surface area (Å²) in [5.41, 5.74) is 5.69. The van der Waals surface area contributed by atoms with Gasteiger partial charge in [-0.1, -0.05) is 12.1 Å². The quantitative estimate of drug-likeness (QED) is 0.653. The Morgan fingerprint density at radius 2 is 2.20 bits per heavy atom. The maximum Gasteiger partial charge on any atom is 0.360 e. The largest absolute Gasteiger partial charge is 0.464 e. The number of rotatable bonds is 4. The lowest BCUT2D eigenvalue weighted by atomic mass is 10.2. The molecule has 0 aliphatic carbocycles. The van der Waals surface area contributed by atoms with Crippen molar-refractivity contribution in [2.75, 3.05) is 7.11 Å². The van der Waals surface area contributed by atoms with Crippen molar-refractivity contribution in [3.05, 3.63) is 11.4 Å². The molecule has 7 heteroatoms. The van der Waals surface area contributed by atoms with Gasteiger partial charge in [-0.25, -0.2) is 9.48 Å². The molecule has 0 saturated carbocycles. The van der Waals surface area contributed by atoms with E-state index < -0.39 is 11.9 Å². The molecule has 2 N–H and O–H groups in total. The van der Waals surface area contributed by atoms with Gasteiger partial charge in [0.2, 0.25) is 5.91 Å². The summed E-state index contributed by atoms with van der Waals surface area (Å²) in [4.78, 5) is 21.9. The third-order valence-corrected chi connectivity index (χ3v) is 1.86. The zero-order chi connectivity index (χ0) is 11.4. The lowest BCUT2D eigenvalue weighted by Crippen LogP contribution is -2.21. The Kier molecular flexibility index (Phi) is 3.37. The van der Waals surface area contributed by atoms with E-state index in [0.29, 0.717) is 12.1 Å². The molecular weight excluding hydrogens is 200 g/mol. The van der Waals surface area contributed by atoms with Crippen LogP contribution in [0.2, 0.25) is 0 Å². The van der Waals surface area contributed by atoms with Crippen molar-refractivity contribution >= 4 is 11.9 Å². The van der Waals surface area contributed by atoms with E-state index in [2.05, 4.69) is 15.0 Å². The van der Waals surface area contributed by atoms with Crippen molar-refractivity contribution in [1.29, 1.82) is 0 Å². The smallest absolute Gasteiger partial charge is 0.360 e. The van der Waals surface area contributed by atoms with Crippen LogP contribution in [-0.2, 0) is 22.5 Å². The number of hydrogen-bond donors (Lipinski definition) is 1. The van der Waals surface area contributed by atoms with Gasteiger partial charge in [0.25, 0.3) is 0 Å². The second kappa shape index (κ2) is 4.54. The third-order valence-electron chi connectivity index (χ3n) is 1.86. The summed E-state index contributed by atoms with van der Waals surface area (Å²) in [5, 5.41) is 7.30. The van der Waals surface area contributed by atoms with Crippen LogP contribution in [0.15, 0.2) is 0 Å². The minimum absolute atomic E-state index is 0.0901. The van der Waals surface area contributed by atoms with Crippen LogP contribution in [0.25, 0.3) is 0 Å². The molecule has 0 unspecified atom stereocenters. The molecule has 1 aromatic heterocycles. The van der Waals surface area contributed by atoms with Crippen LogP contribution in [0.3, 0.4) is 0 Å². The molecule has 0 aliphatic heterocycles. The van der Waals surface area contributed by atoms with Crippen LogP contribution in [-0.4, -0.2) is 34.0 Å². The first kappa shape index (κ1) is 11.2. The van der Waals surface area contributed by atoms with Crippen LogP contribution >= 0.6 is 0 Å². The third kappa shape index (κ3) is 2.30. The number of aromatic nitrogens is 3. The van der Waals surface area contributed by atoms with Crippen molar-refractivity contribution < 1.29 is 14.3 Å². The molecule has 1 aromatic rings. The summed E-state index contributed by atoms with van der Waals surface area (Å²) >= 11 is 0. The lowest BCUT2D eigenvalue weighted by Gasteiger charge is -2.02. The number of primary amides is 1. The van der Waals surface area contributed by atoms with Gasteiger partial charge in [-0.3, -0.25) is 4.79 Å². The zero-order valence-electron chi connectivity index (χ0n) is 8.56. The molecular formula is C8H12N4O3. The average molecular weight is 212 g/mol. The number of methoxy groups -OCH3 is 1. The Hall–Kier alpha value is -1.92. The summed E-state index contributed by atoms with van der Waals surface area (Å²) in [5.74, 6) is -1.10. The zero-order valence-corrected chi connectivity index (χ0v) is 8.56. The van der Waals surface area contributed by atoms with Gasteiger partial charge in [0.1, 0.15) is 6.54 Å². The van der Waals surface area contributed by atoms with E-state index in [9.17, 15) is 9.59 Å². The van der Waals surface area contributed by atoms with Gasteiger partial charge in [0.05, 0.1) is 12.8 Å². The lowest BCUT2D eigenvalue weighted by molar-refractivity contribution is -0.118. The van der Waals surface area contributed by atoms with Gasteiger partial charge >= 0.3 is 5.97 Å². The number of carbonyl (C=O) groups is 2. The maximum atomic E-state index is 11.2. The van der Waals surface area contributed by atoms with E-state index in [1.54, 1.807) is 0 Å². The Morgan fingerprint density at radius 3 is 2.67 bits per heavy atom. The first-order valence-corrected chi connectivity index (χ1v) is 4.39. The molecule has 0 spiro atoms. The van der Waals surface area contributed by atoms with Gasteiger partial charge in [-0.15, -0.1) is 5.10 Å². The van der Waals surface area contributed by atoms with Crippen LogP contribution < -0.4 is 5.73 Å². The Labute approximate surface area is 86.2 Å². The van der Waals surface area contributed by atoms with Crippen molar-refractivity contribution in [2.45, 2.75) is 19.9 Å². The minimum Gasteiger partial charge on any atom is -0.464 e. The number of amides is 1. The van der Waals surface area contributed by atoms with Gasteiger partial charge in [0, 0.05) is 0 Å². The molecule has 82 valence electrons. The Balaban J connectivity index is 3.05. The maximum absolute atomic E-state index is 11.2. The summed E-state index contributed by atoms with van der Waals surface area (Å²) < 4.78 is 5.83. The second-order valence-electron chi connectivity index (χ2n) is 2.85. The topological polar surface area (TPSA) is 100 Å². The molecule has 1 amide bonds. The van der Waals surface area contributed by atoms with E-state index in [1.165, 1.54) is 11.8 Å². The molecule has 0 saturated heterocycles. The molecule has 0 bridgehead atoms. The van der Waals surface area contributed by atoms with E-state index in [1.807, 2.05) is 6.92 Å². The van der Waals surface area contributed by atoms with Gasteiger partial charge in [0.15, 0.2) is 5.69 Å². The fourth-order valence-corrected chi connectivity index (χ4v) is 1.21. The van der Waals surface area contributed by atoms with Gasteiger partial charge in [-0.2, -0.15) is 0 Å². The fraction of sp³-hybridized carbons (Fsp3) is 0.500. The first-order chi connectivity index (χ1) is 7.10. The predicted molar refractivity (Wildman–Crippen MR) is 49.9 cm³/mol. The predicted octanol–water partition coefficient (Wildman–Crippen LogP) is -0.888. The summed E-state index contributed by atoms with van der Waals surface area (Å²) in [6.07, 6.45) is 0.519. The van der Waals surface area contributed by atoms with Crippen LogP contribution in [0.1, 0.15) is 23.1 Å². The molecule has 7 nitrogen and oxygen atoms in total. The van der Waals surface area contributed by atoms with Crippen molar-refractivity contribution in [3.8, 4) is 0 Å². The van der Waals surface area contributed by atoms with Crippen molar-refractivity contribution in [2.24, 2.45) is 5.73 Å². The first-order valence-electron chi connectivity index (χ1n) is 4.39. The van der Waals surface area contributed by atoms with Gasteiger partial charge < -0.3 is 10.5 Å². The standard InChI is InChI=1S/C8H12N4O3/c1-3-5-7(8(14)15-2)10-11-12(5)4-6(9)13/h3-4H2,1-2H3,(H2,9,13). The monoisotopic (exact) mass is 212 g/mol.